The molecule has 3 N–H and O–H groups in total. The van der Waals surface area contributed by atoms with Gasteiger partial charge in [-0.3, -0.25) is 0 Å². The molecule has 5 rings (SSSR count). The summed E-state index contributed by atoms with van der Waals surface area (Å²) in [7, 11) is 0. The molecule has 8 heteroatoms. The Bertz CT molecular complexity index is 1690. The van der Waals surface area contributed by atoms with Crippen LogP contribution in [0, 0.1) is 0 Å². The minimum atomic E-state index is 0.0220. The highest BCUT2D eigenvalue weighted by Crippen LogP contribution is 2.30. The molecule has 0 aliphatic rings. The number of aromatic hydroxyl groups is 2. The number of hydrogen-bond acceptors (Lipinski definition) is 8. The van der Waals surface area contributed by atoms with E-state index in [9.17, 15) is 10.2 Å². The van der Waals surface area contributed by atoms with Crippen LogP contribution in [0.3, 0.4) is 0 Å². The number of benzene rings is 5. The molecule has 0 aromatic heterocycles. The van der Waals surface area contributed by atoms with E-state index in [0.717, 1.165) is 33.8 Å². The van der Waals surface area contributed by atoms with Crippen LogP contribution in [0.5, 0.6) is 28.7 Å². The minimum Gasteiger partial charge on any atom is -0.508 e. The second-order valence-electron chi connectivity index (χ2n) is 11.3. The van der Waals surface area contributed by atoms with Crippen molar-refractivity contribution in [3.05, 3.63) is 149 Å². The van der Waals surface area contributed by atoms with E-state index in [1.807, 2.05) is 109 Å². The molecular weight excluding hydrogens is 618 g/mol. The zero-order valence-corrected chi connectivity index (χ0v) is 27.5. The maximum absolute atomic E-state index is 9.61. The lowest BCUT2D eigenvalue weighted by Crippen LogP contribution is -2.20. The molecule has 0 aliphatic carbocycles. The second kappa shape index (κ2) is 19.5. The first-order valence-electron chi connectivity index (χ1n) is 16.4. The summed E-state index contributed by atoms with van der Waals surface area (Å²) in [6.07, 6.45) is 3.72. The van der Waals surface area contributed by atoms with Crippen molar-refractivity contribution in [1.82, 2.24) is 5.32 Å². The van der Waals surface area contributed by atoms with E-state index >= 15 is 0 Å². The quantitative estimate of drug-likeness (QED) is 0.0579. The van der Waals surface area contributed by atoms with Gasteiger partial charge in [0.25, 0.3) is 0 Å². The smallest absolute Gasteiger partial charge is 0.162 e. The minimum absolute atomic E-state index is 0.0220. The Morgan fingerprint density at radius 3 is 1.76 bits per heavy atom. The third-order valence-electron chi connectivity index (χ3n) is 7.38. The van der Waals surface area contributed by atoms with Crippen LogP contribution in [-0.4, -0.2) is 49.8 Å². The summed E-state index contributed by atoms with van der Waals surface area (Å²) in [6.45, 7) is 4.78. The summed E-state index contributed by atoms with van der Waals surface area (Å²) >= 11 is 0. The molecule has 8 nitrogen and oxygen atoms in total. The normalized spacial score (nSPS) is 11.1. The lowest BCUT2D eigenvalue weighted by atomic mass is 10.1. The Hall–Kier alpha value is -5.28. The van der Waals surface area contributed by atoms with Crippen LogP contribution in [0.1, 0.15) is 27.8 Å². The Morgan fingerprint density at radius 2 is 1.08 bits per heavy atom. The molecule has 0 fully saturated rings. The van der Waals surface area contributed by atoms with Crippen LogP contribution in [0.4, 0.5) is 0 Å². The molecule has 5 aromatic carbocycles. The van der Waals surface area contributed by atoms with Gasteiger partial charge in [-0.1, -0.05) is 91.0 Å². The number of phenols is 2. The zero-order valence-electron chi connectivity index (χ0n) is 27.5. The van der Waals surface area contributed by atoms with Crippen molar-refractivity contribution in [3.8, 4) is 28.7 Å². The van der Waals surface area contributed by atoms with Gasteiger partial charge in [-0.25, -0.2) is 0 Å². The molecule has 0 saturated heterocycles. The Labute approximate surface area is 288 Å². The van der Waals surface area contributed by atoms with Crippen LogP contribution >= 0.6 is 0 Å². The number of nitrogens with one attached hydrogen (secondary N) is 1. The number of hydrogen-bond donors (Lipinski definition) is 3. The van der Waals surface area contributed by atoms with E-state index < -0.39 is 0 Å². The SMILES string of the molecule is Oc1cc(O)cc(/C=C/c2ccc(OCCOCCOCCNCc3ccc(OCc4ccccc4)c(OCc4ccccc4)c3)cc2)c1. The Balaban J connectivity index is 0.941. The average molecular weight is 662 g/mol. The lowest BCUT2D eigenvalue weighted by molar-refractivity contribution is 0.0372. The third-order valence-corrected chi connectivity index (χ3v) is 7.38. The summed E-state index contributed by atoms with van der Waals surface area (Å²) in [5, 5.41) is 22.6. The molecule has 0 bridgehead atoms. The van der Waals surface area contributed by atoms with Gasteiger partial charge in [0.05, 0.1) is 26.4 Å². The van der Waals surface area contributed by atoms with Crippen molar-refractivity contribution >= 4 is 12.2 Å². The molecular formula is C41H43NO7. The number of phenolic OH excluding ortho intramolecular Hbond substituents is 2. The molecule has 49 heavy (non-hydrogen) atoms. The van der Waals surface area contributed by atoms with E-state index in [4.69, 9.17) is 23.7 Å². The number of rotatable bonds is 20. The summed E-state index contributed by atoms with van der Waals surface area (Å²) in [5.41, 5.74) is 4.97. The average Bonchev–Trinajstić information content (AvgIpc) is 3.12. The van der Waals surface area contributed by atoms with Gasteiger partial charge in [0, 0.05) is 19.2 Å². The van der Waals surface area contributed by atoms with Crippen LogP contribution < -0.4 is 19.5 Å². The highest BCUT2D eigenvalue weighted by Gasteiger charge is 2.09. The molecule has 5 aromatic rings. The van der Waals surface area contributed by atoms with Gasteiger partial charge in [0.15, 0.2) is 11.5 Å². The summed E-state index contributed by atoms with van der Waals surface area (Å²) in [5.74, 6) is 2.23. The van der Waals surface area contributed by atoms with Gasteiger partial charge >= 0.3 is 0 Å². The van der Waals surface area contributed by atoms with Gasteiger partial charge in [-0.05, 0) is 64.2 Å². The summed E-state index contributed by atoms with van der Waals surface area (Å²) in [6, 6.07) is 38.4. The molecule has 0 spiro atoms. The molecule has 0 amide bonds. The van der Waals surface area contributed by atoms with Crippen molar-refractivity contribution in [2.45, 2.75) is 19.8 Å². The molecule has 0 saturated carbocycles. The highest BCUT2D eigenvalue weighted by molar-refractivity contribution is 5.71. The Morgan fingerprint density at radius 1 is 0.490 bits per heavy atom. The fourth-order valence-electron chi connectivity index (χ4n) is 4.86. The van der Waals surface area contributed by atoms with Crippen molar-refractivity contribution in [2.75, 3.05) is 39.6 Å². The van der Waals surface area contributed by atoms with Crippen molar-refractivity contribution in [1.29, 1.82) is 0 Å². The van der Waals surface area contributed by atoms with Crippen LogP contribution in [-0.2, 0) is 29.2 Å². The van der Waals surface area contributed by atoms with Gasteiger partial charge in [-0.15, -0.1) is 0 Å². The second-order valence-corrected chi connectivity index (χ2v) is 11.3. The standard InChI is InChI=1S/C41H43NO7/c43-37-25-35(26-38(44)28-37)12-11-32-13-16-39(17-14-32)47-24-23-46-22-21-45-20-19-42-29-36-15-18-40(48-30-33-7-3-1-4-8-33)41(27-36)49-31-34-9-5-2-6-10-34/h1-18,25-28,42-44H,19-24,29-31H2/b12-11+. The lowest BCUT2D eigenvalue weighted by Gasteiger charge is -2.15. The first kappa shape index (κ1) is 35.0. The molecule has 0 unspecified atom stereocenters. The first-order valence-corrected chi connectivity index (χ1v) is 16.4. The van der Waals surface area contributed by atoms with Crippen molar-refractivity contribution in [2.24, 2.45) is 0 Å². The van der Waals surface area contributed by atoms with Crippen molar-refractivity contribution in [3.63, 3.8) is 0 Å². The van der Waals surface area contributed by atoms with Crippen LogP contribution in [0.15, 0.2) is 121 Å². The summed E-state index contributed by atoms with van der Waals surface area (Å²) < 4.78 is 29.4. The predicted molar refractivity (Wildman–Crippen MR) is 192 cm³/mol. The van der Waals surface area contributed by atoms with E-state index in [0.29, 0.717) is 70.7 Å². The fraction of sp³-hybridized carbons (Fsp3) is 0.220. The largest absolute Gasteiger partial charge is 0.508 e. The predicted octanol–water partition coefficient (Wildman–Crippen LogP) is 7.63. The van der Waals surface area contributed by atoms with Crippen LogP contribution in [0.2, 0.25) is 0 Å². The van der Waals surface area contributed by atoms with Crippen molar-refractivity contribution < 1.29 is 33.9 Å². The van der Waals surface area contributed by atoms with Gasteiger partial charge in [0.2, 0.25) is 0 Å². The third kappa shape index (κ3) is 12.7. The summed E-state index contributed by atoms with van der Waals surface area (Å²) in [4.78, 5) is 0. The molecule has 0 aliphatic heterocycles. The Kier molecular flexibility index (Phi) is 14.0. The van der Waals surface area contributed by atoms with Gasteiger partial charge in [0.1, 0.15) is 37.1 Å². The van der Waals surface area contributed by atoms with E-state index in [2.05, 4.69) is 11.4 Å². The molecule has 0 atom stereocenters. The highest BCUT2D eigenvalue weighted by atomic mass is 16.5. The fourth-order valence-corrected chi connectivity index (χ4v) is 4.86. The first-order chi connectivity index (χ1) is 24.1. The van der Waals surface area contributed by atoms with Gasteiger partial charge in [-0.2, -0.15) is 0 Å². The van der Waals surface area contributed by atoms with E-state index in [-0.39, 0.29) is 11.5 Å². The maximum atomic E-state index is 9.61. The molecule has 254 valence electrons. The maximum Gasteiger partial charge on any atom is 0.162 e. The molecule has 0 heterocycles. The van der Waals surface area contributed by atoms with E-state index in [1.165, 1.54) is 6.07 Å². The monoisotopic (exact) mass is 661 g/mol. The van der Waals surface area contributed by atoms with Crippen LogP contribution in [0.25, 0.3) is 12.2 Å². The van der Waals surface area contributed by atoms with E-state index in [1.54, 1.807) is 12.1 Å². The molecule has 0 radical (unpaired) electrons. The topological polar surface area (TPSA) is 98.6 Å². The van der Waals surface area contributed by atoms with Gasteiger partial charge < -0.3 is 39.2 Å². The zero-order chi connectivity index (χ0) is 33.9. The number of ether oxygens (including phenoxy) is 5.